The average molecular weight is 561 g/mol. The van der Waals surface area contributed by atoms with Crippen LogP contribution in [0.4, 0.5) is 17.1 Å². The third-order valence-electron chi connectivity index (χ3n) is 8.41. The lowest BCUT2D eigenvalue weighted by Gasteiger charge is -2.26. The van der Waals surface area contributed by atoms with Crippen molar-refractivity contribution in [1.29, 1.82) is 0 Å². The number of ether oxygens (including phenoxy) is 1. The number of anilines is 3. The van der Waals surface area contributed by atoms with Crippen molar-refractivity contribution >= 4 is 28.6 Å². The van der Waals surface area contributed by atoms with E-state index in [2.05, 4.69) is 57.3 Å². The van der Waals surface area contributed by atoms with Gasteiger partial charge in [-0.3, -0.25) is 9.59 Å². The average Bonchev–Trinajstić information content (AvgIpc) is 2.95. The molecule has 0 heterocycles. The van der Waals surface area contributed by atoms with Gasteiger partial charge in [0.1, 0.15) is 5.75 Å². The highest BCUT2D eigenvalue weighted by Crippen LogP contribution is 2.44. The summed E-state index contributed by atoms with van der Waals surface area (Å²) >= 11 is 0. The number of ketones is 2. The number of nitrogens with two attached hydrogens (primary N) is 1. The SMILES string of the molecule is CCCCCC(C)(C)c1ccc(Oc2cc(Nc3c(C)cc(C)cc3C)c3c(c2N)C(=O)c2ccccc2C3=O)cc1. The van der Waals surface area contributed by atoms with Gasteiger partial charge < -0.3 is 15.8 Å². The standard InChI is InChI=1S/C37H40N2O3/c1-7-8-11-18-37(5,6)25-14-16-26(17-15-25)42-30-21-29(39-34-23(3)19-22(2)20-24(34)4)31-32(33(30)38)36(41)28-13-10-9-12-27(28)35(31)40/h9-10,12-17,19-21,39H,7-8,11,18,38H2,1-6H3. The van der Waals surface area contributed by atoms with E-state index in [4.69, 9.17) is 10.5 Å². The van der Waals surface area contributed by atoms with Gasteiger partial charge in [0.05, 0.1) is 22.5 Å². The maximum absolute atomic E-state index is 13.8. The second-order valence-electron chi connectivity index (χ2n) is 12.2. The summed E-state index contributed by atoms with van der Waals surface area (Å²) in [6.45, 7) is 12.9. The predicted octanol–water partition coefficient (Wildman–Crippen LogP) is 9.36. The lowest BCUT2D eigenvalue weighted by molar-refractivity contribution is 0.0980. The Morgan fingerprint density at radius 1 is 0.810 bits per heavy atom. The summed E-state index contributed by atoms with van der Waals surface area (Å²) < 4.78 is 6.34. The van der Waals surface area contributed by atoms with Gasteiger partial charge in [-0.15, -0.1) is 0 Å². The lowest BCUT2D eigenvalue weighted by Crippen LogP contribution is -2.24. The van der Waals surface area contributed by atoms with Crippen LogP contribution in [0, 0.1) is 20.8 Å². The number of hydrogen-bond acceptors (Lipinski definition) is 5. The molecule has 0 amide bonds. The van der Waals surface area contributed by atoms with Crippen LogP contribution in [0.25, 0.3) is 0 Å². The van der Waals surface area contributed by atoms with Crippen LogP contribution in [0.15, 0.2) is 66.7 Å². The van der Waals surface area contributed by atoms with Crippen molar-refractivity contribution in [2.24, 2.45) is 0 Å². The third kappa shape index (κ3) is 5.44. The molecule has 0 atom stereocenters. The Bertz CT molecular complexity index is 1660. The van der Waals surface area contributed by atoms with E-state index in [9.17, 15) is 9.59 Å². The summed E-state index contributed by atoms with van der Waals surface area (Å²) in [7, 11) is 0. The first-order chi connectivity index (χ1) is 20.0. The molecular formula is C37H40N2O3. The summed E-state index contributed by atoms with van der Waals surface area (Å²) in [6, 6.07) is 20.9. The van der Waals surface area contributed by atoms with Gasteiger partial charge in [0.2, 0.25) is 0 Å². The van der Waals surface area contributed by atoms with E-state index in [1.54, 1.807) is 30.3 Å². The van der Waals surface area contributed by atoms with Gasteiger partial charge in [-0.25, -0.2) is 0 Å². The van der Waals surface area contributed by atoms with Crippen LogP contribution in [0.1, 0.15) is 101 Å². The van der Waals surface area contributed by atoms with Crippen molar-refractivity contribution in [3.8, 4) is 11.5 Å². The molecule has 4 aromatic carbocycles. The number of fused-ring (bicyclic) bond motifs is 2. The van der Waals surface area contributed by atoms with Crippen molar-refractivity contribution in [2.75, 3.05) is 11.1 Å². The van der Waals surface area contributed by atoms with Gasteiger partial charge in [0, 0.05) is 22.9 Å². The molecule has 5 rings (SSSR count). The number of nitrogens with one attached hydrogen (secondary N) is 1. The van der Waals surface area contributed by atoms with Gasteiger partial charge in [-0.1, -0.05) is 94.1 Å². The number of rotatable bonds is 9. The predicted molar refractivity (Wildman–Crippen MR) is 172 cm³/mol. The molecule has 0 aliphatic heterocycles. The quantitative estimate of drug-likeness (QED) is 0.139. The summed E-state index contributed by atoms with van der Waals surface area (Å²) in [4.78, 5) is 27.7. The Labute approximate surface area is 249 Å². The van der Waals surface area contributed by atoms with E-state index < -0.39 is 0 Å². The smallest absolute Gasteiger partial charge is 0.196 e. The zero-order valence-electron chi connectivity index (χ0n) is 25.5. The van der Waals surface area contributed by atoms with Gasteiger partial charge >= 0.3 is 0 Å². The van der Waals surface area contributed by atoms with Gasteiger partial charge in [-0.05, 0) is 61.4 Å². The van der Waals surface area contributed by atoms with Crippen LogP contribution in [0.2, 0.25) is 0 Å². The Balaban J connectivity index is 1.58. The monoisotopic (exact) mass is 560 g/mol. The zero-order chi connectivity index (χ0) is 30.2. The van der Waals surface area contributed by atoms with E-state index in [0.717, 1.165) is 28.8 Å². The molecule has 4 aromatic rings. The molecule has 0 spiro atoms. The fraction of sp³-hybridized carbons (Fsp3) is 0.297. The third-order valence-corrected chi connectivity index (χ3v) is 8.41. The van der Waals surface area contributed by atoms with Crippen LogP contribution >= 0.6 is 0 Å². The highest BCUT2D eigenvalue weighted by Gasteiger charge is 2.35. The van der Waals surface area contributed by atoms with Gasteiger partial charge in [-0.2, -0.15) is 0 Å². The van der Waals surface area contributed by atoms with E-state index >= 15 is 0 Å². The van der Waals surface area contributed by atoms with E-state index in [-0.39, 0.29) is 33.8 Å². The molecule has 0 unspecified atom stereocenters. The maximum atomic E-state index is 13.8. The van der Waals surface area contributed by atoms with Gasteiger partial charge in [0.15, 0.2) is 17.3 Å². The highest BCUT2D eigenvalue weighted by molar-refractivity contribution is 6.32. The molecule has 0 bridgehead atoms. The Kier molecular flexibility index (Phi) is 7.96. The number of aryl methyl sites for hydroxylation is 3. The molecule has 5 heteroatoms. The van der Waals surface area contributed by atoms with E-state index in [1.165, 1.54) is 24.8 Å². The second kappa shape index (κ2) is 11.5. The Morgan fingerprint density at radius 3 is 2.00 bits per heavy atom. The Morgan fingerprint density at radius 2 is 1.40 bits per heavy atom. The summed E-state index contributed by atoms with van der Waals surface area (Å²) in [5.41, 5.74) is 13.9. The molecule has 1 aliphatic carbocycles. The number of benzene rings is 4. The van der Waals surface area contributed by atoms with Crippen LogP contribution < -0.4 is 15.8 Å². The summed E-state index contributed by atoms with van der Waals surface area (Å²) in [5.74, 6) is 0.415. The van der Waals surface area contributed by atoms with Crippen molar-refractivity contribution in [3.63, 3.8) is 0 Å². The van der Waals surface area contributed by atoms with E-state index in [0.29, 0.717) is 28.3 Å². The zero-order valence-corrected chi connectivity index (χ0v) is 25.5. The first-order valence-electron chi connectivity index (χ1n) is 14.8. The fourth-order valence-corrected chi connectivity index (χ4v) is 6.05. The molecule has 0 aromatic heterocycles. The van der Waals surface area contributed by atoms with Crippen molar-refractivity contribution in [1.82, 2.24) is 0 Å². The minimum atomic E-state index is -0.285. The molecule has 216 valence electrons. The molecular weight excluding hydrogens is 520 g/mol. The van der Waals surface area contributed by atoms with Crippen molar-refractivity contribution in [2.45, 2.75) is 72.6 Å². The second-order valence-corrected chi connectivity index (χ2v) is 12.2. The Hall–Kier alpha value is -4.38. The summed E-state index contributed by atoms with van der Waals surface area (Å²) in [6.07, 6.45) is 4.73. The van der Waals surface area contributed by atoms with Crippen molar-refractivity contribution in [3.05, 3.63) is 111 Å². The largest absolute Gasteiger partial charge is 0.455 e. The van der Waals surface area contributed by atoms with Crippen molar-refractivity contribution < 1.29 is 14.3 Å². The molecule has 0 radical (unpaired) electrons. The molecule has 42 heavy (non-hydrogen) atoms. The number of unbranched alkanes of at least 4 members (excludes halogenated alkanes) is 2. The summed E-state index contributed by atoms with van der Waals surface area (Å²) in [5, 5.41) is 3.48. The molecule has 0 saturated carbocycles. The highest BCUT2D eigenvalue weighted by atomic mass is 16.5. The number of carbonyl (C=O) groups is 2. The fourth-order valence-electron chi connectivity index (χ4n) is 6.05. The van der Waals surface area contributed by atoms with Crippen LogP contribution in [0.3, 0.4) is 0 Å². The molecule has 0 saturated heterocycles. The maximum Gasteiger partial charge on any atom is 0.196 e. The molecule has 5 nitrogen and oxygen atoms in total. The first kappa shape index (κ1) is 29.1. The number of hydrogen-bond donors (Lipinski definition) is 2. The minimum absolute atomic E-state index is 0.0551. The van der Waals surface area contributed by atoms with E-state index in [1.807, 2.05) is 26.0 Å². The van der Waals surface area contributed by atoms with Crippen LogP contribution in [-0.4, -0.2) is 11.6 Å². The topological polar surface area (TPSA) is 81.4 Å². The normalized spacial score (nSPS) is 12.6. The van der Waals surface area contributed by atoms with Crippen LogP contribution in [0.5, 0.6) is 11.5 Å². The molecule has 1 aliphatic rings. The number of nitrogen functional groups attached to an aromatic ring is 1. The first-order valence-corrected chi connectivity index (χ1v) is 14.8. The van der Waals surface area contributed by atoms with Crippen LogP contribution in [-0.2, 0) is 5.41 Å². The number of carbonyl (C=O) groups excluding carboxylic acids is 2. The lowest BCUT2D eigenvalue weighted by atomic mass is 9.80. The molecule has 3 N–H and O–H groups in total. The van der Waals surface area contributed by atoms with Gasteiger partial charge in [0.25, 0.3) is 0 Å². The minimum Gasteiger partial charge on any atom is -0.455 e. The molecule has 0 fully saturated rings.